The molecule has 4 nitrogen and oxygen atoms in total. The summed E-state index contributed by atoms with van der Waals surface area (Å²) in [6.07, 6.45) is 10.6. The molecule has 2 aromatic rings. The van der Waals surface area contributed by atoms with Crippen molar-refractivity contribution in [3.63, 3.8) is 0 Å². The molecule has 2 aromatic heterocycles. The Hall–Kier alpha value is -1.58. The van der Waals surface area contributed by atoms with Crippen molar-refractivity contribution in [1.82, 2.24) is 14.6 Å². The molecule has 90 valence electrons. The molecule has 0 aliphatic heterocycles. The van der Waals surface area contributed by atoms with Gasteiger partial charge in [0.05, 0.1) is 6.20 Å². The monoisotopic (exact) mass is 230 g/mol. The summed E-state index contributed by atoms with van der Waals surface area (Å²) < 4.78 is 1.78. The molecule has 4 heteroatoms. The van der Waals surface area contributed by atoms with Gasteiger partial charge in [0, 0.05) is 18.8 Å². The van der Waals surface area contributed by atoms with Gasteiger partial charge in [0.2, 0.25) is 0 Å². The Balaban J connectivity index is 1.63. The van der Waals surface area contributed by atoms with Crippen molar-refractivity contribution >= 4 is 11.5 Å². The topological polar surface area (TPSA) is 42.2 Å². The molecule has 0 amide bonds. The molecule has 17 heavy (non-hydrogen) atoms. The average molecular weight is 230 g/mol. The summed E-state index contributed by atoms with van der Waals surface area (Å²) in [4.78, 5) is 4.51. The lowest BCUT2D eigenvalue weighted by atomic mass is 9.89. The van der Waals surface area contributed by atoms with E-state index in [9.17, 15) is 0 Å². The Labute approximate surface area is 101 Å². The number of hydrogen-bond acceptors (Lipinski definition) is 3. The van der Waals surface area contributed by atoms with Crippen LogP contribution in [0.4, 0.5) is 5.82 Å². The minimum Gasteiger partial charge on any atom is -0.370 e. The molecular weight excluding hydrogens is 212 g/mol. The highest BCUT2D eigenvalue weighted by Crippen LogP contribution is 2.23. The summed E-state index contributed by atoms with van der Waals surface area (Å²) in [7, 11) is 0. The van der Waals surface area contributed by atoms with Gasteiger partial charge in [-0.15, -0.1) is 0 Å². The van der Waals surface area contributed by atoms with Crippen molar-refractivity contribution in [2.45, 2.75) is 32.1 Å². The molecule has 0 unspecified atom stereocenters. The van der Waals surface area contributed by atoms with E-state index in [1.54, 1.807) is 10.7 Å². The van der Waals surface area contributed by atoms with Crippen molar-refractivity contribution in [3.05, 3.63) is 24.5 Å². The lowest BCUT2D eigenvalue weighted by Crippen LogP contribution is -2.17. The fourth-order valence-corrected chi connectivity index (χ4v) is 2.55. The zero-order valence-corrected chi connectivity index (χ0v) is 9.97. The van der Waals surface area contributed by atoms with Gasteiger partial charge in [-0.3, -0.25) is 0 Å². The maximum absolute atomic E-state index is 4.51. The highest BCUT2D eigenvalue weighted by molar-refractivity contribution is 5.45. The van der Waals surface area contributed by atoms with E-state index in [1.807, 2.05) is 18.3 Å². The number of rotatable bonds is 3. The molecule has 0 atom stereocenters. The lowest BCUT2D eigenvalue weighted by molar-refractivity contribution is 0.373. The molecule has 0 spiro atoms. The van der Waals surface area contributed by atoms with Crippen molar-refractivity contribution in [1.29, 1.82) is 0 Å². The Morgan fingerprint density at radius 3 is 3.00 bits per heavy atom. The van der Waals surface area contributed by atoms with E-state index >= 15 is 0 Å². The summed E-state index contributed by atoms with van der Waals surface area (Å²) in [5, 5.41) is 7.58. The van der Waals surface area contributed by atoms with E-state index in [4.69, 9.17) is 0 Å². The first kappa shape index (κ1) is 10.6. The highest BCUT2D eigenvalue weighted by Gasteiger charge is 2.13. The molecule has 1 N–H and O–H groups in total. The minimum absolute atomic E-state index is 0.826. The number of fused-ring (bicyclic) bond motifs is 1. The number of nitrogens with zero attached hydrogens (tertiary/aromatic N) is 3. The van der Waals surface area contributed by atoms with Crippen LogP contribution in [0.2, 0.25) is 0 Å². The zero-order valence-electron chi connectivity index (χ0n) is 9.97. The van der Waals surface area contributed by atoms with E-state index < -0.39 is 0 Å². The summed E-state index contributed by atoms with van der Waals surface area (Å²) in [5.41, 5.74) is 0.902. The maximum Gasteiger partial charge on any atom is 0.157 e. The van der Waals surface area contributed by atoms with E-state index in [0.717, 1.165) is 23.9 Å². The second kappa shape index (κ2) is 4.73. The fraction of sp³-hybridized carbons (Fsp3) is 0.538. The summed E-state index contributed by atoms with van der Waals surface area (Å²) in [5.74, 6) is 1.79. The van der Waals surface area contributed by atoms with Crippen LogP contribution in [0.3, 0.4) is 0 Å². The minimum atomic E-state index is 0.826. The molecule has 0 bridgehead atoms. The Morgan fingerprint density at radius 1 is 1.24 bits per heavy atom. The Morgan fingerprint density at radius 2 is 2.12 bits per heavy atom. The second-order valence-corrected chi connectivity index (χ2v) is 4.83. The van der Waals surface area contributed by atoms with Gasteiger partial charge in [-0.05, 0) is 24.8 Å². The lowest BCUT2D eigenvalue weighted by Gasteiger charge is -2.21. The third-order valence-electron chi connectivity index (χ3n) is 3.55. The quantitative estimate of drug-likeness (QED) is 0.881. The van der Waals surface area contributed by atoms with E-state index in [1.165, 1.54) is 32.1 Å². The van der Waals surface area contributed by atoms with Crippen LogP contribution in [0.5, 0.6) is 0 Å². The molecule has 1 aliphatic carbocycles. The smallest absolute Gasteiger partial charge is 0.157 e. The van der Waals surface area contributed by atoms with Gasteiger partial charge in [-0.2, -0.15) is 5.10 Å². The zero-order chi connectivity index (χ0) is 11.5. The van der Waals surface area contributed by atoms with E-state index in [2.05, 4.69) is 15.4 Å². The molecule has 3 rings (SSSR count). The second-order valence-electron chi connectivity index (χ2n) is 4.83. The normalized spacial score (nSPS) is 17.4. The Bertz CT molecular complexity index is 485. The molecular formula is C13H18N4. The van der Waals surface area contributed by atoms with Crippen molar-refractivity contribution in [2.75, 3.05) is 11.9 Å². The van der Waals surface area contributed by atoms with Crippen molar-refractivity contribution in [3.8, 4) is 0 Å². The summed E-state index contributed by atoms with van der Waals surface area (Å²) in [6.45, 7) is 1.05. The van der Waals surface area contributed by atoms with Crippen LogP contribution < -0.4 is 5.32 Å². The van der Waals surface area contributed by atoms with E-state index in [-0.39, 0.29) is 0 Å². The molecule has 1 aliphatic rings. The van der Waals surface area contributed by atoms with Crippen LogP contribution >= 0.6 is 0 Å². The van der Waals surface area contributed by atoms with Gasteiger partial charge in [0.1, 0.15) is 5.82 Å². The fourth-order valence-electron chi connectivity index (χ4n) is 2.55. The average Bonchev–Trinajstić information content (AvgIpc) is 2.85. The number of aromatic nitrogens is 3. The maximum atomic E-state index is 4.51. The van der Waals surface area contributed by atoms with Gasteiger partial charge < -0.3 is 5.32 Å². The summed E-state index contributed by atoms with van der Waals surface area (Å²) in [6, 6.07) is 3.91. The van der Waals surface area contributed by atoms with Gasteiger partial charge in [-0.25, -0.2) is 9.50 Å². The predicted octanol–water partition coefficient (Wildman–Crippen LogP) is 2.72. The van der Waals surface area contributed by atoms with Crippen molar-refractivity contribution < 1.29 is 0 Å². The van der Waals surface area contributed by atoms with Crippen LogP contribution in [0.25, 0.3) is 5.65 Å². The third-order valence-corrected chi connectivity index (χ3v) is 3.55. The summed E-state index contributed by atoms with van der Waals surface area (Å²) >= 11 is 0. The van der Waals surface area contributed by atoms with Crippen LogP contribution in [0, 0.1) is 5.92 Å². The van der Waals surface area contributed by atoms with Crippen LogP contribution in [0.15, 0.2) is 24.5 Å². The van der Waals surface area contributed by atoms with Gasteiger partial charge in [0.25, 0.3) is 0 Å². The third kappa shape index (κ3) is 2.40. The van der Waals surface area contributed by atoms with Crippen LogP contribution in [-0.2, 0) is 0 Å². The Kier molecular flexibility index (Phi) is 2.94. The molecule has 0 aromatic carbocycles. The molecule has 2 heterocycles. The molecule has 1 saturated carbocycles. The van der Waals surface area contributed by atoms with Crippen LogP contribution in [-0.4, -0.2) is 21.1 Å². The predicted molar refractivity (Wildman–Crippen MR) is 68.1 cm³/mol. The van der Waals surface area contributed by atoms with Gasteiger partial charge in [-0.1, -0.05) is 19.3 Å². The van der Waals surface area contributed by atoms with Gasteiger partial charge in [0.15, 0.2) is 5.65 Å². The molecule has 1 fully saturated rings. The molecule has 0 saturated heterocycles. The van der Waals surface area contributed by atoms with Gasteiger partial charge >= 0.3 is 0 Å². The first-order valence-electron chi connectivity index (χ1n) is 6.46. The highest BCUT2D eigenvalue weighted by atomic mass is 15.2. The first-order valence-corrected chi connectivity index (χ1v) is 6.46. The SMILES string of the molecule is c1cc2nc(NCC3CCCCC3)ccn2n1. The largest absolute Gasteiger partial charge is 0.370 e. The van der Waals surface area contributed by atoms with E-state index in [0.29, 0.717) is 0 Å². The first-order chi connectivity index (χ1) is 8.42. The number of hydrogen-bond donors (Lipinski definition) is 1. The molecule has 0 radical (unpaired) electrons. The van der Waals surface area contributed by atoms with Crippen molar-refractivity contribution in [2.24, 2.45) is 5.92 Å². The number of nitrogens with one attached hydrogen (secondary N) is 1. The number of anilines is 1. The van der Waals surface area contributed by atoms with Crippen LogP contribution in [0.1, 0.15) is 32.1 Å². The standard InChI is InChI=1S/C13H18N4/c1-2-4-11(5-3-1)10-14-12-7-9-17-13(16-12)6-8-15-17/h6-9,11H,1-5,10H2,(H,14,16).